The molecule has 4 nitrogen and oxygen atoms in total. The molecule has 2 N–H and O–H groups in total. The molecule has 1 heterocycles. The van der Waals surface area contributed by atoms with Gasteiger partial charge in [0.15, 0.2) is 0 Å². The molecule has 1 aliphatic heterocycles. The van der Waals surface area contributed by atoms with Crippen molar-refractivity contribution in [1.82, 2.24) is 4.90 Å². The van der Waals surface area contributed by atoms with Crippen LogP contribution in [0.15, 0.2) is 0 Å². The third kappa shape index (κ3) is 3.61. The van der Waals surface area contributed by atoms with E-state index in [2.05, 4.69) is 0 Å². The molecule has 0 aromatic carbocycles. The van der Waals surface area contributed by atoms with E-state index < -0.39 is 0 Å². The maximum atomic E-state index is 11.8. The highest BCUT2D eigenvalue weighted by Gasteiger charge is 2.34. The predicted octanol–water partition coefficient (Wildman–Crippen LogP) is 0.784. The van der Waals surface area contributed by atoms with Crippen LogP contribution in [0.5, 0.6) is 0 Å². The first-order valence-electron chi connectivity index (χ1n) is 5.88. The Balaban J connectivity index is 0.00000128. The van der Waals surface area contributed by atoms with Crippen molar-refractivity contribution < 1.29 is 9.53 Å². The standard InChI is InChI=1S/C11H20N2O2.ClH/c12-5-3-11(14)13(10-1-2-10)7-9-4-6-15-8-9;/h9-10H,1-8,12H2;1H. The van der Waals surface area contributed by atoms with E-state index in [1.807, 2.05) is 4.90 Å². The van der Waals surface area contributed by atoms with Crippen LogP contribution in [0.1, 0.15) is 25.7 Å². The number of amides is 1. The molecule has 0 radical (unpaired) electrons. The molecule has 0 aromatic heterocycles. The number of hydrogen-bond donors (Lipinski definition) is 1. The maximum absolute atomic E-state index is 11.8. The average Bonchev–Trinajstić information content (AvgIpc) is 2.93. The Bertz CT molecular complexity index is 228. The van der Waals surface area contributed by atoms with Crippen molar-refractivity contribution in [3.8, 4) is 0 Å². The molecule has 1 unspecified atom stereocenters. The Labute approximate surface area is 103 Å². The van der Waals surface area contributed by atoms with Gasteiger partial charge in [-0.25, -0.2) is 0 Å². The molecular weight excluding hydrogens is 228 g/mol. The van der Waals surface area contributed by atoms with E-state index in [0.717, 1.165) is 26.2 Å². The van der Waals surface area contributed by atoms with Crippen molar-refractivity contribution in [2.24, 2.45) is 11.7 Å². The molecule has 94 valence electrons. The van der Waals surface area contributed by atoms with Gasteiger partial charge in [-0.2, -0.15) is 0 Å². The second-order valence-electron chi connectivity index (χ2n) is 4.55. The van der Waals surface area contributed by atoms with E-state index in [9.17, 15) is 4.79 Å². The fourth-order valence-corrected chi connectivity index (χ4v) is 2.11. The molecule has 5 heteroatoms. The van der Waals surface area contributed by atoms with Crippen molar-refractivity contribution in [2.75, 3.05) is 26.3 Å². The summed E-state index contributed by atoms with van der Waals surface area (Å²) in [4.78, 5) is 13.9. The number of ether oxygens (including phenoxy) is 1. The molecule has 16 heavy (non-hydrogen) atoms. The van der Waals surface area contributed by atoms with Gasteiger partial charge in [-0.3, -0.25) is 4.79 Å². The molecule has 2 rings (SSSR count). The largest absolute Gasteiger partial charge is 0.381 e. The van der Waals surface area contributed by atoms with Crippen LogP contribution in [0.2, 0.25) is 0 Å². The number of rotatable bonds is 5. The van der Waals surface area contributed by atoms with Crippen LogP contribution in [0.3, 0.4) is 0 Å². The first-order valence-corrected chi connectivity index (χ1v) is 5.88. The summed E-state index contributed by atoms with van der Waals surface area (Å²) in [7, 11) is 0. The Morgan fingerprint density at radius 3 is 2.62 bits per heavy atom. The monoisotopic (exact) mass is 248 g/mol. The molecule has 2 aliphatic rings. The summed E-state index contributed by atoms with van der Waals surface area (Å²) in [6, 6.07) is 0.504. The van der Waals surface area contributed by atoms with E-state index >= 15 is 0 Å². The fourth-order valence-electron chi connectivity index (χ4n) is 2.11. The van der Waals surface area contributed by atoms with E-state index in [1.165, 1.54) is 12.8 Å². The van der Waals surface area contributed by atoms with Crippen LogP contribution < -0.4 is 5.73 Å². The summed E-state index contributed by atoms with van der Waals surface area (Å²) in [6.07, 6.45) is 3.93. The normalized spacial score (nSPS) is 23.9. The smallest absolute Gasteiger partial charge is 0.224 e. The number of nitrogens with two attached hydrogens (primary N) is 1. The Morgan fingerprint density at radius 2 is 2.12 bits per heavy atom. The van der Waals surface area contributed by atoms with Crippen LogP contribution in [0, 0.1) is 5.92 Å². The molecule has 2 fully saturated rings. The lowest BCUT2D eigenvalue weighted by Crippen LogP contribution is -2.38. The minimum Gasteiger partial charge on any atom is -0.381 e. The topological polar surface area (TPSA) is 55.6 Å². The first-order chi connectivity index (χ1) is 7.31. The first kappa shape index (κ1) is 13.7. The van der Waals surface area contributed by atoms with E-state index in [4.69, 9.17) is 10.5 Å². The fraction of sp³-hybridized carbons (Fsp3) is 0.909. The van der Waals surface area contributed by atoms with E-state index in [0.29, 0.717) is 24.9 Å². The summed E-state index contributed by atoms with van der Waals surface area (Å²) in [5, 5.41) is 0. The number of carbonyl (C=O) groups is 1. The van der Waals surface area contributed by atoms with Gasteiger partial charge in [-0.15, -0.1) is 12.4 Å². The van der Waals surface area contributed by atoms with Crippen LogP contribution in [0.25, 0.3) is 0 Å². The summed E-state index contributed by atoms with van der Waals surface area (Å²) >= 11 is 0. The molecule has 1 saturated carbocycles. The molecule has 0 bridgehead atoms. The molecule has 1 amide bonds. The van der Waals surface area contributed by atoms with Crippen LogP contribution in [0.4, 0.5) is 0 Å². The van der Waals surface area contributed by atoms with Gasteiger partial charge in [-0.05, 0) is 19.3 Å². The number of hydrogen-bond acceptors (Lipinski definition) is 3. The zero-order chi connectivity index (χ0) is 10.7. The predicted molar refractivity (Wildman–Crippen MR) is 64.6 cm³/mol. The Kier molecular flexibility index (Phi) is 5.52. The highest BCUT2D eigenvalue weighted by Crippen LogP contribution is 2.29. The van der Waals surface area contributed by atoms with Crippen molar-refractivity contribution >= 4 is 18.3 Å². The highest BCUT2D eigenvalue weighted by molar-refractivity contribution is 5.85. The average molecular weight is 249 g/mol. The third-order valence-corrected chi connectivity index (χ3v) is 3.15. The van der Waals surface area contributed by atoms with Crippen LogP contribution in [-0.2, 0) is 9.53 Å². The zero-order valence-corrected chi connectivity index (χ0v) is 10.4. The molecule has 1 saturated heterocycles. The van der Waals surface area contributed by atoms with Crippen LogP contribution >= 0.6 is 12.4 Å². The summed E-state index contributed by atoms with van der Waals surface area (Å²) < 4.78 is 5.34. The maximum Gasteiger partial charge on any atom is 0.224 e. The van der Waals surface area contributed by atoms with Crippen molar-refractivity contribution in [2.45, 2.75) is 31.7 Å². The van der Waals surface area contributed by atoms with E-state index in [-0.39, 0.29) is 18.3 Å². The van der Waals surface area contributed by atoms with Gasteiger partial charge in [0, 0.05) is 38.1 Å². The lowest BCUT2D eigenvalue weighted by atomic mass is 10.1. The highest BCUT2D eigenvalue weighted by atomic mass is 35.5. The van der Waals surface area contributed by atoms with Gasteiger partial charge in [-0.1, -0.05) is 0 Å². The van der Waals surface area contributed by atoms with Crippen molar-refractivity contribution in [1.29, 1.82) is 0 Å². The number of carbonyl (C=O) groups excluding carboxylic acids is 1. The molecule has 0 spiro atoms. The summed E-state index contributed by atoms with van der Waals surface area (Å²) in [5.41, 5.74) is 5.42. The van der Waals surface area contributed by atoms with Gasteiger partial charge in [0.2, 0.25) is 5.91 Å². The van der Waals surface area contributed by atoms with Crippen LogP contribution in [-0.4, -0.2) is 43.2 Å². The number of halogens is 1. The number of nitrogens with zero attached hydrogens (tertiary/aromatic N) is 1. The second kappa shape index (κ2) is 6.42. The molecule has 0 aromatic rings. The van der Waals surface area contributed by atoms with Gasteiger partial charge in [0.25, 0.3) is 0 Å². The zero-order valence-electron chi connectivity index (χ0n) is 9.56. The second-order valence-corrected chi connectivity index (χ2v) is 4.55. The Morgan fingerprint density at radius 1 is 1.38 bits per heavy atom. The van der Waals surface area contributed by atoms with Gasteiger partial charge >= 0.3 is 0 Å². The minimum atomic E-state index is 0. The molecule has 1 atom stereocenters. The third-order valence-electron chi connectivity index (χ3n) is 3.15. The van der Waals surface area contributed by atoms with Gasteiger partial charge < -0.3 is 15.4 Å². The lowest BCUT2D eigenvalue weighted by Gasteiger charge is -2.25. The molecule has 1 aliphatic carbocycles. The summed E-state index contributed by atoms with van der Waals surface area (Å²) in [5.74, 6) is 0.777. The van der Waals surface area contributed by atoms with Gasteiger partial charge in [0.05, 0.1) is 6.61 Å². The van der Waals surface area contributed by atoms with Crippen molar-refractivity contribution in [3.63, 3.8) is 0 Å². The van der Waals surface area contributed by atoms with Gasteiger partial charge in [0.1, 0.15) is 0 Å². The quantitative estimate of drug-likeness (QED) is 0.783. The molecular formula is C11H21ClN2O2. The minimum absolute atomic E-state index is 0. The SMILES string of the molecule is Cl.NCCC(=O)N(CC1CCOC1)C1CC1. The van der Waals surface area contributed by atoms with Crippen molar-refractivity contribution in [3.05, 3.63) is 0 Å². The van der Waals surface area contributed by atoms with E-state index in [1.54, 1.807) is 0 Å². The lowest BCUT2D eigenvalue weighted by molar-refractivity contribution is -0.132. The Hall–Kier alpha value is -0.320. The summed E-state index contributed by atoms with van der Waals surface area (Å²) in [6.45, 7) is 3.01.